The number of carboxylic acids is 1. The zero-order chi connectivity index (χ0) is 15.1. The van der Waals surface area contributed by atoms with E-state index in [1.54, 1.807) is 24.3 Å². The summed E-state index contributed by atoms with van der Waals surface area (Å²) in [5.74, 6) is -1.34. The molecular weight excluding hydrogens is 280 g/mol. The van der Waals surface area contributed by atoms with Crippen LogP contribution in [0.5, 0.6) is 0 Å². The fourth-order valence-electron chi connectivity index (χ4n) is 1.58. The molecule has 0 aliphatic rings. The van der Waals surface area contributed by atoms with E-state index in [4.69, 9.17) is 16.7 Å². The number of carbonyl (C=O) groups excluding carboxylic acids is 1. The average Bonchev–Trinajstić information content (AvgIpc) is 2.42. The fourth-order valence-corrected chi connectivity index (χ4v) is 1.71. The normalized spacial score (nSPS) is 11.9. The van der Waals surface area contributed by atoms with Gasteiger partial charge in [0.05, 0.1) is 6.54 Å². The van der Waals surface area contributed by atoms with Gasteiger partial charge in [-0.05, 0) is 37.6 Å². The van der Waals surface area contributed by atoms with Gasteiger partial charge < -0.3 is 15.3 Å². The van der Waals surface area contributed by atoms with Crippen molar-refractivity contribution in [2.45, 2.75) is 26.3 Å². The van der Waals surface area contributed by atoms with E-state index in [1.165, 1.54) is 4.90 Å². The van der Waals surface area contributed by atoms with Crippen LogP contribution in [0.15, 0.2) is 24.3 Å². The highest BCUT2D eigenvalue weighted by molar-refractivity contribution is 6.30. The van der Waals surface area contributed by atoms with E-state index in [1.807, 2.05) is 13.8 Å². The Morgan fingerprint density at radius 1 is 1.35 bits per heavy atom. The van der Waals surface area contributed by atoms with E-state index in [2.05, 4.69) is 5.32 Å². The predicted octanol–water partition coefficient (Wildman–Crippen LogP) is 2.15. The second-order valence-electron chi connectivity index (χ2n) is 4.54. The van der Waals surface area contributed by atoms with E-state index < -0.39 is 5.97 Å². The first-order valence-electron chi connectivity index (χ1n) is 6.45. The number of anilines is 1. The molecule has 0 saturated heterocycles. The summed E-state index contributed by atoms with van der Waals surface area (Å²) in [7, 11) is 0. The third-order valence-corrected chi connectivity index (χ3v) is 3.20. The van der Waals surface area contributed by atoms with Crippen LogP contribution in [-0.2, 0) is 9.59 Å². The number of carboxylic acid groups (broad SMARTS) is 1. The molecule has 20 heavy (non-hydrogen) atoms. The maximum atomic E-state index is 12.2. The molecule has 1 amide bonds. The number of aliphatic carboxylic acids is 1. The molecule has 1 rings (SSSR count). The molecule has 1 unspecified atom stereocenters. The first kappa shape index (κ1) is 16.5. The minimum Gasteiger partial charge on any atom is -0.480 e. The van der Waals surface area contributed by atoms with E-state index in [9.17, 15) is 9.59 Å². The molecular formula is C14H19ClN2O3. The zero-order valence-electron chi connectivity index (χ0n) is 11.6. The van der Waals surface area contributed by atoms with Crippen LogP contribution in [0.1, 0.15) is 20.3 Å². The van der Waals surface area contributed by atoms with Crippen LogP contribution < -0.4 is 10.2 Å². The maximum Gasteiger partial charge on any atom is 0.323 e. The molecule has 0 radical (unpaired) electrons. The van der Waals surface area contributed by atoms with Crippen molar-refractivity contribution in [3.05, 3.63) is 29.3 Å². The molecule has 6 heteroatoms. The number of amides is 1. The Balaban J connectivity index is 2.80. The molecule has 110 valence electrons. The summed E-state index contributed by atoms with van der Waals surface area (Å²) in [4.78, 5) is 24.3. The number of benzene rings is 1. The molecule has 2 N–H and O–H groups in total. The van der Waals surface area contributed by atoms with Crippen LogP contribution in [0, 0.1) is 0 Å². The lowest BCUT2D eigenvalue weighted by atomic mass is 10.2. The summed E-state index contributed by atoms with van der Waals surface area (Å²) in [5, 5.41) is 12.5. The Morgan fingerprint density at radius 2 is 1.95 bits per heavy atom. The van der Waals surface area contributed by atoms with Gasteiger partial charge in [0, 0.05) is 16.8 Å². The highest BCUT2D eigenvalue weighted by atomic mass is 35.5. The van der Waals surface area contributed by atoms with Crippen molar-refractivity contribution >= 4 is 29.2 Å². The van der Waals surface area contributed by atoms with Gasteiger partial charge in [-0.3, -0.25) is 9.59 Å². The zero-order valence-corrected chi connectivity index (χ0v) is 12.4. The SMILES string of the molecule is CCC(C)NCC(=O)N(CC(=O)O)c1ccc(Cl)cc1. The summed E-state index contributed by atoms with van der Waals surface area (Å²) in [6, 6.07) is 6.72. The molecule has 0 fully saturated rings. The van der Waals surface area contributed by atoms with Crippen molar-refractivity contribution in [3.8, 4) is 0 Å². The standard InChI is InChI=1S/C14H19ClN2O3/c1-3-10(2)16-8-13(18)17(9-14(19)20)12-6-4-11(15)5-7-12/h4-7,10,16H,3,8-9H2,1-2H3,(H,19,20). The van der Waals surface area contributed by atoms with Gasteiger partial charge in [-0.25, -0.2) is 0 Å². The number of carbonyl (C=O) groups is 2. The van der Waals surface area contributed by atoms with Crippen LogP contribution in [-0.4, -0.2) is 36.1 Å². The van der Waals surface area contributed by atoms with Gasteiger partial charge in [0.2, 0.25) is 5.91 Å². The predicted molar refractivity (Wildman–Crippen MR) is 79.2 cm³/mol. The third-order valence-electron chi connectivity index (χ3n) is 2.95. The molecule has 0 aromatic heterocycles. The van der Waals surface area contributed by atoms with Crippen LogP contribution in [0.4, 0.5) is 5.69 Å². The first-order chi connectivity index (χ1) is 9.43. The Bertz CT molecular complexity index is 462. The van der Waals surface area contributed by atoms with Crippen molar-refractivity contribution in [2.75, 3.05) is 18.0 Å². The van der Waals surface area contributed by atoms with Gasteiger partial charge in [-0.2, -0.15) is 0 Å². The van der Waals surface area contributed by atoms with Crippen molar-refractivity contribution in [1.29, 1.82) is 0 Å². The van der Waals surface area contributed by atoms with Crippen molar-refractivity contribution < 1.29 is 14.7 Å². The van der Waals surface area contributed by atoms with Crippen LogP contribution in [0.3, 0.4) is 0 Å². The largest absolute Gasteiger partial charge is 0.480 e. The minimum atomic E-state index is -1.06. The second kappa shape index (κ2) is 7.87. The molecule has 0 saturated carbocycles. The molecule has 0 aliphatic carbocycles. The molecule has 0 heterocycles. The van der Waals surface area contributed by atoms with E-state index >= 15 is 0 Å². The molecule has 0 bridgehead atoms. The maximum absolute atomic E-state index is 12.2. The molecule has 5 nitrogen and oxygen atoms in total. The van der Waals surface area contributed by atoms with Gasteiger partial charge in [-0.1, -0.05) is 18.5 Å². The second-order valence-corrected chi connectivity index (χ2v) is 4.98. The molecule has 0 aliphatic heterocycles. The van der Waals surface area contributed by atoms with Gasteiger partial charge in [0.25, 0.3) is 0 Å². The number of halogens is 1. The van der Waals surface area contributed by atoms with Crippen molar-refractivity contribution in [2.24, 2.45) is 0 Å². The van der Waals surface area contributed by atoms with Crippen LogP contribution >= 0.6 is 11.6 Å². The lowest BCUT2D eigenvalue weighted by Crippen LogP contribution is -2.43. The molecule has 1 atom stereocenters. The number of rotatable bonds is 7. The van der Waals surface area contributed by atoms with Gasteiger partial charge in [-0.15, -0.1) is 0 Å². The quantitative estimate of drug-likeness (QED) is 0.809. The summed E-state index contributed by atoms with van der Waals surface area (Å²) < 4.78 is 0. The lowest BCUT2D eigenvalue weighted by Gasteiger charge is -2.22. The highest BCUT2D eigenvalue weighted by Crippen LogP contribution is 2.18. The van der Waals surface area contributed by atoms with E-state index in [0.717, 1.165) is 6.42 Å². The molecule has 1 aromatic carbocycles. The van der Waals surface area contributed by atoms with Crippen molar-refractivity contribution in [3.63, 3.8) is 0 Å². The average molecular weight is 299 g/mol. The Kier molecular flexibility index (Phi) is 6.48. The van der Waals surface area contributed by atoms with Gasteiger partial charge >= 0.3 is 5.97 Å². The van der Waals surface area contributed by atoms with E-state index in [0.29, 0.717) is 10.7 Å². The number of hydrogen-bond acceptors (Lipinski definition) is 3. The summed E-state index contributed by atoms with van der Waals surface area (Å²) >= 11 is 5.79. The minimum absolute atomic E-state index is 0.102. The molecule has 1 aromatic rings. The van der Waals surface area contributed by atoms with Crippen LogP contribution in [0.2, 0.25) is 5.02 Å². The summed E-state index contributed by atoms with van der Waals surface area (Å²) in [5.41, 5.74) is 0.521. The smallest absolute Gasteiger partial charge is 0.323 e. The Hall–Kier alpha value is -1.59. The Labute approximate surface area is 123 Å². The topological polar surface area (TPSA) is 69.6 Å². The van der Waals surface area contributed by atoms with Gasteiger partial charge in [0.15, 0.2) is 0 Å². The number of nitrogens with zero attached hydrogens (tertiary/aromatic N) is 1. The fraction of sp³-hybridized carbons (Fsp3) is 0.429. The van der Waals surface area contributed by atoms with Crippen molar-refractivity contribution in [1.82, 2.24) is 5.32 Å². The van der Waals surface area contributed by atoms with E-state index in [-0.39, 0.29) is 25.0 Å². The highest BCUT2D eigenvalue weighted by Gasteiger charge is 2.18. The lowest BCUT2D eigenvalue weighted by molar-refractivity contribution is -0.136. The number of nitrogens with one attached hydrogen (secondary N) is 1. The monoisotopic (exact) mass is 298 g/mol. The number of hydrogen-bond donors (Lipinski definition) is 2. The summed E-state index contributed by atoms with van der Waals surface area (Å²) in [6.45, 7) is 3.71. The first-order valence-corrected chi connectivity index (χ1v) is 6.83. The van der Waals surface area contributed by atoms with Crippen LogP contribution in [0.25, 0.3) is 0 Å². The summed E-state index contributed by atoms with van der Waals surface area (Å²) in [6.07, 6.45) is 0.896. The van der Waals surface area contributed by atoms with Gasteiger partial charge in [0.1, 0.15) is 6.54 Å². The molecule has 0 spiro atoms. The third kappa shape index (κ3) is 5.19. The Morgan fingerprint density at radius 3 is 2.45 bits per heavy atom.